The molecular weight excluding hydrogens is 1580 g/mol. The van der Waals surface area contributed by atoms with Gasteiger partial charge in [-0.3, -0.25) is 14.7 Å². The quantitative estimate of drug-likeness (QED) is 0.107. The smallest absolute Gasteiger partial charge is 0.146 e. The van der Waals surface area contributed by atoms with Gasteiger partial charge in [0.05, 0.1) is 16.6 Å². The fourth-order valence-electron chi connectivity index (χ4n) is 20.1. The van der Waals surface area contributed by atoms with Crippen molar-refractivity contribution >= 4 is 139 Å². The van der Waals surface area contributed by atoms with E-state index in [1.54, 1.807) is 0 Å². The van der Waals surface area contributed by atoms with Crippen LogP contribution in [0.2, 0.25) is 0 Å². The predicted octanol–water partition coefficient (Wildman–Crippen LogP) is 33.8. The first kappa shape index (κ1) is 78.1. The number of pyridine rings is 3. The molecule has 0 atom stereocenters. The Balaban J connectivity index is 0.000000112. The van der Waals surface area contributed by atoms with Gasteiger partial charge in [0.25, 0.3) is 0 Å². The molecule has 23 aromatic rings. The molecule has 130 heavy (non-hydrogen) atoms. The van der Waals surface area contributed by atoms with Gasteiger partial charge in [-0.05, 0) is 197 Å². The van der Waals surface area contributed by atoms with E-state index in [9.17, 15) is 0 Å². The average molecular weight is 1670 g/mol. The molecule has 2 aliphatic carbocycles. The van der Waals surface area contributed by atoms with Crippen LogP contribution >= 0.6 is 0 Å². The molecule has 0 fully saturated rings. The molecule has 0 amide bonds. The van der Waals surface area contributed by atoms with Crippen LogP contribution < -0.4 is 14.7 Å². The summed E-state index contributed by atoms with van der Waals surface area (Å²) < 4.78 is 6.41. The molecule has 0 aliphatic heterocycles. The van der Waals surface area contributed by atoms with Crippen molar-refractivity contribution in [1.29, 1.82) is 0 Å². The number of fused-ring (bicyclic) bond motifs is 18. The lowest BCUT2D eigenvalue weighted by molar-refractivity contribution is 0.660. The van der Waals surface area contributed by atoms with Gasteiger partial charge in [-0.1, -0.05) is 392 Å². The second-order valence-electron chi connectivity index (χ2n) is 34.9. The number of hydrogen-bond donors (Lipinski definition) is 0. The first-order chi connectivity index (χ1) is 64.0. The minimum absolute atomic E-state index is 0.0988. The van der Waals surface area contributed by atoms with E-state index in [0.29, 0.717) is 0 Å². The van der Waals surface area contributed by atoms with Gasteiger partial charge in [0.15, 0.2) is 0 Å². The standard InChI is InChI=1S/C46H32N2O.C40H30N2.C37H26N2/c1-46(2)40-19-8-5-13-34(40)35-27-26-31(28-41(35)46)48(45-39-16-4-3-12-33(39)36-14-6-9-20-42(36)47-45)30-24-22-29(23-25-30)32-17-11-18-38-37-15-7-10-21-43(37)49-44(32)38;1-40(2)36-21-10-8-18-32(36)33-24-23-30(26-37(33)40)42(29-16-12-15-28(25-29)27-13-4-3-5-14-27)39-35-20-7-6-17-31(35)34-19-9-11-22-38(34)41-39;1-3-12-27(13-4-1)29-22-24-31(25-23-29)39(32-17-11-16-30(26-32)28-14-5-2-6-15-28)37-35-20-8-7-18-33(35)34-19-9-10-21-36(34)38-37/h3-28H,1-2H3;3-26H,1-2H3;1-26H. The molecule has 0 N–H and O–H groups in total. The minimum Gasteiger partial charge on any atom is -0.455 e. The summed E-state index contributed by atoms with van der Waals surface area (Å²) in [6.07, 6.45) is 0. The molecule has 0 unspecified atom stereocenters. The summed E-state index contributed by atoms with van der Waals surface area (Å²) in [7, 11) is 0. The van der Waals surface area contributed by atoms with Crippen molar-refractivity contribution in [3.05, 3.63) is 483 Å². The van der Waals surface area contributed by atoms with Crippen LogP contribution in [0.1, 0.15) is 49.9 Å². The first-order valence-electron chi connectivity index (χ1n) is 44.7. The van der Waals surface area contributed by atoms with Gasteiger partial charge in [-0.2, -0.15) is 0 Å². The number of aromatic nitrogens is 3. The average Bonchev–Trinajstić information content (AvgIpc) is 1.57. The Morgan fingerprint density at radius 1 is 0.185 bits per heavy atom. The Kier molecular flexibility index (Phi) is 19.5. The van der Waals surface area contributed by atoms with E-state index < -0.39 is 0 Å². The van der Waals surface area contributed by atoms with Gasteiger partial charge >= 0.3 is 0 Å². The zero-order valence-corrected chi connectivity index (χ0v) is 72.5. The van der Waals surface area contributed by atoms with E-state index in [2.05, 4.69) is 491 Å². The number of benzene rings is 19. The van der Waals surface area contributed by atoms with Crippen molar-refractivity contribution in [1.82, 2.24) is 15.0 Å². The molecule has 2 aliphatic rings. The van der Waals surface area contributed by atoms with Gasteiger partial charge in [0.2, 0.25) is 0 Å². The molecule has 0 bridgehead atoms. The number of nitrogens with zero attached hydrogens (tertiary/aromatic N) is 6. The highest BCUT2D eigenvalue weighted by atomic mass is 16.3. The van der Waals surface area contributed by atoms with E-state index in [4.69, 9.17) is 19.4 Å². The molecule has 4 aromatic heterocycles. The summed E-state index contributed by atoms with van der Waals surface area (Å²) in [5.74, 6) is 2.76. The lowest BCUT2D eigenvalue weighted by Crippen LogP contribution is -2.17. The summed E-state index contributed by atoms with van der Waals surface area (Å²) in [6.45, 7) is 9.35. The summed E-state index contributed by atoms with van der Waals surface area (Å²) in [4.78, 5) is 23.0. The highest BCUT2D eigenvalue weighted by Gasteiger charge is 2.38. The second-order valence-corrected chi connectivity index (χ2v) is 34.9. The Bertz CT molecular complexity index is 8310. The minimum atomic E-state index is -0.123. The second kappa shape index (κ2) is 32.4. The number of rotatable bonds is 13. The molecular formula is C123H88N6O. The Morgan fingerprint density at radius 2 is 0.469 bits per heavy atom. The van der Waals surface area contributed by atoms with Crippen LogP contribution in [-0.4, -0.2) is 15.0 Å². The zero-order chi connectivity index (χ0) is 87.0. The van der Waals surface area contributed by atoms with Gasteiger partial charge in [-0.15, -0.1) is 0 Å². The maximum Gasteiger partial charge on any atom is 0.146 e. The highest BCUT2D eigenvalue weighted by Crippen LogP contribution is 2.55. The maximum absolute atomic E-state index is 6.41. The fourth-order valence-corrected chi connectivity index (χ4v) is 20.1. The topological polar surface area (TPSA) is 61.5 Å². The monoisotopic (exact) mass is 1660 g/mol. The summed E-state index contributed by atoms with van der Waals surface area (Å²) in [5.41, 5.74) is 31.0. The number of hydrogen-bond acceptors (Lipinski definition) is 7. The molecule has 7 nitrogen and oxygen atoms in total. The van der Waals surface area contributed by atoms with E-state index in [0.717, 1.165) is 128 Å². The van der Waals surface area contributed by atoms with Crippen molar-refractivity contribution in [2.75, 3.05) is 14.7 Å². The van der Waals surface area contributed by atoms with Gasteiger partial charge in [0.1, 0.15) is 28.6 Å². The zero-order valence-electron chi connectivity index (χ0n) is 72.5. The van der Waals surface area contributed by atoms with Crippen molar-refractivity contribution < 1.29 is 4.42 Å². The summed E-state index contributed by atoms with van der Waals surface area (Å²) in [5, 5.41) is 12.7. The van der Waals surface area contributed by atoms with Gasteiger partial charge in [-0.25, -0.2) is 15.0 Å². The molecule has 4 heterocycles. The van der Waals surface area contributed by atoms with Crippen molar-refractivity contribution in [2.24, 2.45) is 0 Å². The van der Waals surface area contributed by atoms with E-state index >= 15 is 0 Å². The normalized spacial score (nSPS) is 12.6. The molecule has 0 radical (unpaired) electrons. The Labute approximate surface area is 756 Å². The molecule has 19 aromatic carbocycles. The highest BCUT2D eigenvalue weighted by molar-refractivity contribution is 6.15. The van der Waals surface area contributed by atoms with Crippen LogP contribution in [-0.2, 0) is 10.8 Å². The largest absolute Gasteiger partial charge is 0.455 e. The van der Waals surface area contributed by atoms with E-state index in [1.165, 1.54) is 99.4 Å². The van der Waals surface area contributed by atoms with Crippen LogP contribution in [0.5, 0.6) is 0 Å². The number of furan rings is 1. The molecule has 0 spiro atoms. The van der Waals surface area contributed by atoms with Crippen molar-refractivity contribution in [2.45, 2.75) is 38.5 Å². The van der Waals surface area contributed by atoms with Crippen molar-refractivity contribution in [3.8, 4) is 66.8 Å². The van der Waals surface area contributed by atoms with E-state index in [1.807, 2.05) is 12.1 Å². The SMILES string of the molecule is CC1(C)c2ccccc2-c2ccc(N(c3ccc(-c4cccc5c4oc4ccccc45)cc3)c3nc4ccccc4c4ccccc34)cc21.CC1(C)c2ccccc2-c2ccc(N(c3cccc(-c4ccccc4)c3)c3nc4ccccc4c4ccccc34)cc21.c1ccc(-c2ccc(N(c3cccc(-c4ccccc4)c3)c3nc4ccccc4c4ccccc34)cc2)cc1. The molecule has 7 heteroatoms. The summed E-state index contributed by atoms with van der Waals surface area (Å²) >= 11 is 0. The third-order valence-electron chi connectivity index (χ3n) is 26.5. The summed E-state index contributed by atoms with van der Waals surface area (Å²) in [6, 6.07) is 164. The lowest BCUT2D eigenvalue weighted by atomic mass is 9.82. The number of para-hydroxylation sites is 5. The molecule has 0 saturated heterocycles. The number of anilines is 9. The third-order valence-corrected chi connectivity index (χ3v) is 26.5. The van der Waals surface area contributed by atoms with Crippen LogP contribution in [0.25, 0.3) is 154 Å². The fraction of sp³-hybridized carbons (Fsp3) is 0.0488. The molecule has 25 rings (SSSR count). The maximum atomic E-state index is 6.41. The van der Waals surface area contributed by atoms with Crippen LogP contribution in [0.4, 0.5) is 51.6 Å². The Hall–Kier alpha value is -16.6. The lowest BCUT2D eigenvalue weighted by Gasteiger charge is -2.29. The van der Waals surface area contributed by atoms with E-state index in [-0.39, 0.29) is 10.8 Å². The molecule has 0 saturated carbocycles. The first-order valence-corrected chi connectivity index (χ1v) is 44.7. The van der Waals surface area contributed by atoms with Gasteiger partial charge < -0.3 is 4.42 Å². The van der Waals surface area contributed by atoms with Crippen LogP contribution in [0, 0.1) is 0 Å². The van der Waals surface area contributed by atoms with Crippen molar-refractivity contribution in [3.63, 3.8) is 0 Å². The predicted molar refractivity (Wildman–Crippen MR) is 546 cm³/mol. The Morgan fingerprint density at radius 3 is 0.900 bits per heavy atom. The third kappa shape index (κ3) is 13.7. The van der Waals surface area contributed by atoms with Crippen LogP contribution in [0.3, 0.4) is 0 Å². The van der Waals surface area contributed by atoms with Gasteiger partial charge in [0, 0.05) is 93.6 Å². The van der Waals surface area contributed by atoms with Crippen LogP contribution in [0.15, 0.2) is 465 Å². The molecule has 616 valence electrons.